The molecule has 1 aromatic heterocycles. The lowest BCUT2D eigenvalue weighted by Gasteiger charge is -2.14. The lowest BCUT2D eigenvalue weighted by molar-refractivity contribution is 0.757. The number of anilines is 1. The van der Waals surface area contributed by atoms with Crippen molar-refractivity contribution in [1.29, 1.82) is 0 Å². The summed E-state index contributed by atoms with van der Waals surface area (Å²) in [5.41, 5.74) is 2.63. The molecule has 0 amide bonds. The van der Waals surface area contributed by atoms with Crippen LogP contribution in [0.15, 0.2) is 36.4 Å². The highest BCUT2D eigenvalue weighted by Gasteiger charge is 2.22. The van der Waals surface area contributed by atoms with E-state index in [1.807, 2.05) is 24.3 Å². The van der Waals surface area contributed by atoms with Crippen LogP contribution >= 0.6 is 23.2 Å². The SMILES string of the molecule is Clc1ccc2c(c1)CCC2Nc1cccc(Cl)n1. The Morgan fingerprint density at radius 3 is 2.89 bits per heavy atom. The summed E-state index contributed by atoms with van der Waals surface area (Å²) in [6, 6.07) is 12.0. The van der Waals surface area contributed by atoms with Gasteiger partial charge >= 0.3 is 0 Å². The summed E-state index contributed by atoms with van der Waals surface area (Å²) in [5, 5.41) is 4.73. The van der Waals surface area contributed by atoms with E-state index in [1.54, 1.807) is 6.07 Å². The molecule has 0 saturated heterocycles. The van der Waals surface area contributed by atoms with E-state index in [2.05, 4.69) is 16.4 Å². The number of benzene rings is 1. The third-order valence-corrected chi connectivity index (χ3v) is 3.67. The molecule has 1 aliphatic carbocycles. The van der Waals surface area contributed by atoms with E-state index in [0.717, 1.165) is 23.7 Å². The number of nitrogens with zero attached hydrogens (tertiary/aromatic N) is 1. The monoisotopic (exact) mass is 278 g/mol. The molecule has 2 nitrogen and oxygen atoms in total. The van der Waals surface area contributed by atoms with Gasteiger partial charge in [0.1, 0.15) is 11.0 Å². The molecule has 1 unspecified atom stereocenters. The zero-order valence-electron chi connectivity index (χ0n) is 9.66. The highest BCUT2D eigenvalue weighted by atomic mass is 35.5. The highest BCUT2D eigenvalue weighted by Crippen LogP contribution is 2.34. The van der Waals surface area contributed by atoms with Crippen molar-refractivity contribution >= 4 is 29.0 Å². The van der Waals surface area contributed by atoms with Gasteiger partial charge in [0.2, 0.25) is 0 Å². The van der Waals surface area contributed by atoms with Gasteiger partial charge in [-0.3, -0.25) is 0 Å². The molecule has 0 saturated carbocycles. The second-order valence-corrected chi connectivity index (χ2v) is 5.25. The Hall–Kier alpha value is -1.25. The maximum atomic E-state index is 6.00. The van der Waals surface area contributed by atoms with Gasteiger partial charge in [-0.1, -0.05) is 35.3 Å². The van der Waals surface area contributed by atoms with Crippen LogP contribution in [-0.2, 0) is 6.42 Å². The standard InChI is InChI=1S/C14H12Cl2N2/c15-10-5-6-11-9(8-10)4-7-12(11)17-14-3-1-2-13(16)18-14/h1-3,5-6,8,12H,4,7H2,(H,17,18). The normalized spacial score (nSPS) is 17.6. The number of hydrogen-bond donors (Lipinski definition) is 1. The largest absolute Gasteiger partial charge is 0.363 e. The Labute approximate surface area is 116 Å². The number of aromatic nitrogens is 1. The molecule has 1 aromatic carbocycles. The molecule has 0 spiro atoms. The fourth-order valence-corrected chi connectivity index (χ4v) is 2.76. The minimum atomic E-state index is 0.295. The minimum absolute atomic E-state index is 0.295. The van der Waals surface area contributed by atoms with Crippen molar-refractivity contribution in [2.45, 2.75) is 18.9 Å². The Morgan fingerprint density at radius 1 is 1.17 bits per heavy atom. The molecule has 1 aliphatic rings. The summed E-state index contributed by atoms with van der Waals surface area (Å²) < 4.78 is 0. The van der Waals surface area contributed by atoms with Crippen LogP contribution in [0.2, 0.25) is 10.2 Å². The molecule has 4 heteroatoms. The molecule has 18 heavy (non-hydrogen) atoms. The van der Waals surface area contributed by atoms with E-state index in [9.17, 15) is 0 Å². The van der Waals surface area contributed by atoms with E-state index < -0.39 is 0 Å². The van der Waals surface area contributed by atoms with E-state index in [-0.39, 0.29) is 0 Å². The Balaban J connectivity index is 1.85. The van der Waals surface area contributed by atoms with Gasteiger partial charge in [0.15, 0.2) is 0 Å². The van der Waals surface area contributed by atoms with Crippen LogP contribution in [0.1, 0.15) is 23.6 Å². The lowest BCUT2D eigenvalue weighted by Crippen LogP contribution is -2.08. The number of halogens is 2. The summed E-state index contributed by atoms with van der Waals surface area (Å²) in [7, 11) is 0. The quantitative estimate of drug-likeness (QED) is 0.819. The van der Waals surface area contributed by atoms with Crippen molar-refractivity contribution < 1.29 is 0 Å². The number of aryl methyl sites for hydroxylation is 1. The van der Waals surface area contributed by atoms with Crippen molar-refractivity contribution in [3.63, 3.8) is 0 Å². The van der Waals surface area contributed by atoms with Gasteiger partial charge in [-0.15, -0.1) is 0 Å². The average molecular weight is 279 g/mol. The zero-order valence-corrected chi connectivity index (χ0v) is 11.2. The summed E-state index contributed by atoms with van der Waals surface area (Å²) in [6.07, 6.45) is 2.11. The van der Waals surface area contributed by atoms with Crippen molar-refractivity contribution in [2.24, 2.45) is 0 Å². The predicted molar refractivity (Wildman–Crippen MR) is 75.4 cm³/mol. The van der Waals surface area contributed by atoms with Gasteiger partial charge in [0, 0.05) is 5.02 Å². The van der Waals surface area contributed by atoms with E-state index >= 15 is 0 Å². The number of pyridine rings is 1. The maximum Gasteiger partial charge on any atom is 0.131 e. The lowest BCUT2D eigenvalue weighted by atomic mass is 10.1. The zero-order chi connectivity index (χ0) is 12.5. The van der Waals surface area contributed by atoms with Crippen LogP contribution in [0.3, 0.4) is 0 Å². The molecule has 1 atom stereocenters. The Morgan fingerprint density at radius 2 is 2.06 bits per heavy atom. The molecule has 1 N–H and O–H groups in total. The van der Waals surface area contributed by atoms with Gasteiger partial charge in [0.05, 0.1) is 6.04 Å². The van der Waals surface area contributed by atoms with Gasteiger partial charge < -0.3 is 5.32 Å². The van der Waals surface area contributed by atoms with Crippen LogP contribution in [0, 0.1) is 0 Å². The molecule has 92 valence electrons. The number of nitrogens with one attached hydrogen (secondary N) is 1. The first-order valence-electron chi connectivity index (χ1n) is 5.90. The summed E-state index contributed by atoms with van der Waals surface area (Å²) >= 11 is 11.9. The molecule has 0 radical (unpaired) electrons. The molecule has 1 heterocycles. The molecular weight excluding hydrogens is 267 g/mol. The first-order valence-corrected chi connectivity index (χ1v) is 6.65. The smallest absolute Gasteiger partial charge is 0.131 e. The van der Waals surface area contributed by atoms with Crippen molar-refractivity contribution in [3.8, 4) is 0 Å². The number of hydrogen-bond acceptors (Lipinski definition) is 2. The van der Waals surface area contributed by atoms with Crippen molar-refractivity contribution in [1.82, 2.24) is 4.98 Å². The van der Waals surface area contributed by atoms with Crippen molar-refractivity contribution in [2.75, 3.05) is 5.32 Å². The summed E-state index contributed by atoms with van der Waals surface area (Å²) in [6.45, 7) is 0. The molecule has 2 aromatic rings. The first-order chi connectivity index (χ1) is 8.72. The Kier molecular flexibility index (Phi) is 3.14. The topological polar surface area (TPSA) is 24.9 Å². The Bertz CT molecular complexity index is 584. The maximum absolute atomic E-state index is 6.00. The fraction of sp³-hybridized carbons (Fsp3) is 0.214. The van der Waals surface area contributed by atoms with Gasteiger partial charge in [-0.25, -0.2) is 4.98 Å². The van der Waals surface area contributed by atoms with Crippen molar-refractivity contribution in [3.05, 3.63) is 57.7 Å². The van der Waals surface area contributed by atoms with Crippen LogP contribution in [0.5, 0.6) is 0 Å². The van der Waals surface area contributed by atoms with Crippen LogP contribution in [0.4, 0.5) is 5.82 Å². The van der Waals surface area contributed by atoms with Crippen LogP contribution < -0.4 is 5.32 Å². The average Bonchev–Trinajstić information content (AvgIpc) is 2.72. The van der Waals surface area contributed by atoms with E-state index in [4.69, 9.17) is 23.2 Å². The molecule has 3 rings (SSSR count). The third kappa shape index (κ3) is 2.31. The fourth-order valence-electron chi connectivity index (χ4n) is 2.40. The molecule has 0 bridgehead atoms. The first kappa shape index (κ1) is 11.8. The predicted octanol–water partition coefficient (Wildman–Crippen LogP) is 4.49. The second-order valence-electron chi connectivity index (χ2n) is 4.42. The van der Waals surface area contributed by atoms with Gasteiger partial charge in [0.25, 0.3) is 0 Å². The van der Waals surface area contributed by atoms with Crippen LogP contribution in [0.25, 0.3) is 0 Å². The van der Waals surface area contributed by atoms with E-state index in [1.165, 1.54) is 11.1 Å². The number of rotatable bonds is 2. The molecule has 0 aliphatic heterocycles. The van der Waals surface area contributed by atoms with Gasteiger partial charge in [-0.05, 0) is 48.2 Å². The third-order valence-electron chi connectivity index (χ3n) is 3.22. The molecular formula is C14H12Cl2N2. The van der Waals surface area contributed by atoms with E-state index in [0.29, 0.717) is 11.2 Å². The van der Waals surface area contributed by atoms with Gasteiger partial charge in [-0.2, -0.15) is 0 Å². The molecule has 0 fully saturated rings. The summed E-state index contributed by atoms with van der Waals surface area (Å²) in [4.78, 5) is 4.26. The highest BCUT2D eigenvalue weighted by molar-refractivity contribution is 6.30. The summed E-state index contributed by atoms with van der Waals surface area (Å²) in [5.74, 6) is 0.815. The van der Waals surface area contributed by atoms with Crippen LogP contribution in [-0.4, -0.2) is 4.98 Å². The minimum Gasteiger partial charge on any atom is -0.363 e. The second kappa shape index (κ2) is 4.79. The number of fused-ring (bicyclic) bond motifs is 1.